The van der Waals surface area contributed by atoms with Gasteiger partial charge in [0.05, 0.1) is 5.56 Å². The van der Waals surface area contributed by atoms with Crippen molar-refractivity contribution in [1.82, 2.24) is 10.3 Å². The number of nitrogens with two attached hydrogens (primary N) is 1. The fourth-order valence-electron chi connectivity index (χ4n) is 1.92. The molecule has 7 heteroatoms. The molecule has 1 heterocycles. The van der Waals surface area contributed by atoms with Crippen LogP contribution >= 0.6 is 15.9 Å². The van der Waals surface area contributed by atoms with Gasteiger partial charge < -0.3 is 16.4 Å². The van der Waals surface area contributed by atoms with E-state index in [-0.39, 0.29) is 11.8 Å². The van der Waals surface area contributed by atoms with Crippen molar-refractivity contribution in [2.45, 2.75) is 6.92 Å². The molecule has 0 radical (unpaired) electrons. The van der Waals surface area contributed by atoms with Gasteiger partial charge in [-0.15, -0.1) is 0 Å². The lowest BCUT2D eigenvalue weighted by molar-refractivity contribution is 0.0953. The minimum Gasteiger partial charge on any atom is -0.351 e. The van der Waals surface area contributed by atoms with Crippen molar-refractivity contribution < 1.29 is 9.59 Å². The maximum absolute atomic E-state index is 12.3. The zero-order valence-corrected chi connectivity index (χ0v) is 14.2. The van der Waals surface area contributed by atoms with Crippen LogP contribution in [0.3, 0.4) is 0 Å². The van der Waals surface area contributed by atoms with Crippen LogP contribution in [0.2, 0.25) is 0 Å². The van der Waals surface area contributed by atoms with E-state index in [1.165, 1.54) is 6.20 Å². The van der Waals surface area contributed by atoms with E-state index in [0.717, 1.165) is 10.0 Å². The Bertz CT molecular complexity index is 734. The molecule has 0 aliphatic heterocycles. The standard InChI is InChI=1S/C16H17BrN4O2/c1-10-2-3-11(15(22)20-5-4-18)7-14(10)21-16(23)12-6-13(17)9-19-8-12/h2-3,6-9H,4-5,18H2,1H3,(H,20,22)(H,21,23). The highest BCUT2D eigenvalue weighted by molar-refractivity contribution is 9.10. The van der Waals surface area contributed by atoms with Gasteiger partial charge in [-0.3, -0.25) is 14.6 Å². The minimum absolute atomic E-state index is 0.227. The molecule has 1 aromatic carbocycles. The Labute approximate surface area is 142 Å². The number of aromatic nitrogens is 1. The number of anilines is 1. The third-order valence-corrected chi connectivity index (χ3v) is 3.58. The molecule has 23 heavy (non-hydrogen) atoms. The number of hydrogen-bond acceptors (Lipinski definition) is 4. The van der Waals surface area contributed by atoms with Crippen LogP contribution in [0.5, 0.6) is 0 Å². The Hall–Kier alpha value is -2.25. The second kappa shape index (κ2) is 7.85. The number of carbonyl (C=O) groups is 2. The van der Waals surface area contributed by atoms with Gasteiger partial charge in [-0.1, -0.05) is 6.07 Å². The van der Waals surface area contributed by atoms with Crippen molar-refractivity contribution in [2.75, 3.05) is 18.4 Å². The fraction of sp³-hybridized carbons (Fsp3) is 0.188. The lowest BCUT2D eigenvalue weighted by atomic mass is 10.1. The van der Waals surface area contributed by atoms with E-state index in [4.69, 9.17) is 5.73 Å². The SMILES string of the molecule is Cc1ccc(C(=O)NCCN)cc1NC(=O)c1cncc(Br)c1. The smallest absolute Gasteiger partial charge is 0.257 e. The van der Waals surface area contributed by atoms with Crippen LogP contribution in [-0.4, -0.2) is 29.9 Å². The maximum atomic E-state index is 12.3. The zero-order valence-electron chi connectivity index (χ0n) is 12.6. The maximum Gasteiger partial charge on any atom is 0.257 e. The predicted octanol–water partition coefficient (Wildman–Crippen LogP) is 2.09. The first-order chi connectivity index (χ1) is 11.0. The van der Waals surface area contributed by atoms with E-state index in [1.807, 2.05) is 6.92 Å². The Morgan fingerprint density at radius 2 is 1.96 bits per heavy atom. The van der Waals surface area contributed by atoms with Gasteiger partial charge in [0.15, 0.2) is 0 Å². The molecule has 0 atom stereocenters. The monoisotopic (exact) mass is 376 g/mol. The van der Waals surface area contributed by atoms with Gasteiger partial charge in [0.2, 0.25) is 0 Å². The van der Waals surface area contributed by atoms with Crippen molar-refractivity contribution in [3.63, 3.8) is 0 Å². The molecule has 2 aromatic rings. The third kappa shape index (κ3) is 4.61. The molecule has 120 valence electrons. The molecule has 0 saturated heterocycles. The topological polar surface area (TPSA) is 97.1 Å². The Morgan fingerprint density at radius 3 is 2.65 bits per heavy atom. The molecule has 1 aromatic heterocycles. The van der Waals surface area contributed by atoms with Crippen molar-refractivity contribution in [3.8, 4) is 0 Å². The number of aryl methyl sites for hydroxylation is 1. The van der Waals surface area contributed by atoms with Gasteiger partial charge in [-0.2, -0.15) is 0 Å². The summed E-state index contributed by atoms with van der Waals surface area (Å²) >= 11 is 3.28. The molecule has 4 N–H and O–H groups in total. The molecule has 2 amide bonds. The molecule has 0 aliphatic carbocycles. The highest BCUT2D eigenvalue weighted by Crippen LogP contribution is 2.19. The molecule has 0 aliphatic rings. The number of carbonyl (C=O) groups excluding carboxylic acids is 2. The normalized spacial score (nSPS) is 10.2. The molecule has 6 nitrogen and oxygen atoms in total. The number of amides is 2. The number of benzene rings is 1. The van der Waals surface area contributed by atoms with Crippen LogP contribution in [0, 0.1) is 6.92 Å². The van der Waals surface area contributed by atoms with Crippen molar-refractivity contribution >= 4 is 33.4 Å². The first-order valence-electron chi connectivity index (χ1n) is 7.02. The number of hydrogen-bond donors (Lipinski definition) is 3. The Kier molecular flexibility index (Phi) is 5.84. The molecule has 0 spiro atoms. The lowest BCUT2D eigenvalue weighted by Crippen LogP contribution is -2.29. The molecule has 2 rings (SSSR count). The molecular formula is C16H17BrN4O2. The van der Waals surface area contributed by atoms with Gasteiger partial charge in [0, 0.05) is 41.2 Å². The van der Waals surface area contributed by atoms with Gasteiger partial charge in [0.1, 0.15) is 0 Å². The summed E-state index contributed by atoms with van der Waals surface area (Å²) in [7, 11) is 0. The third-order valence-electron chi connectivity index (χ3n) is 3.14. The fourth-order valence-corrected chi connectivity index (χ4v) is 2.28. The zero-order chi connectivity index (χ0) is 16.8. The average molecular weight is 377 g/mol. The first kappa shape index (κ1) is 17.1. The summed E-state index contributed by atoms with van der Waals surface area (Å²) in [6.45, 7) is 2.63. The summed E-state index contributed by atoms with van der Waals surface area (Å²) in [5.41, 5.74) is 7.70. The van der Waals surface area contributed by atoms with E-state index in [9.17, 15) is 9.59 Å². The molecule has 0 bridgehead atoms. The Balaban J connectivity index is 2.19. The molecular weight excluding hydrogens is 360 g/mol. The number of nitrogens with zero attached hydrogens (tertiary/aromatic N) is 1. The van der Waals surface area contributed by atoms with Gasteiger partial charge in [-0.25, -0.2) is 0 Å². The quantitative estimate of drug-likeness (QED) is 0.743. The average Bonchev–Trinajstić information content (AvgIpc) is 2.54. The summed E-state index contributed by atoms with van der Waals surface area (Å²) < 4.78 is 0.719. The number of halogens is 1. The van der Waals surface area contributed by atoms with Crippen molar-refractivity contribution in [1.29, 1.82) is 0 Å². The second-order valence-corrected chi connectivity index (χ2v) is 5.84. The summed E-state index contributed by atoms with van der Waals surface area (Å²) in [6.07, 6.45) is 3.08. The molecule has 0 unspecified atom stereocenters. The van der Waals surface area contributed by atoms with Crippen LogP contribution in [0.1, 0.15) is 26.3 Å². The van der Waals surface area contributed by atoms with E-state index in [2.05, 4.69) is 31.5 Å². The number of rotatable bonds is 5. The predicted molar refractivity (Wildman–Crippen MR) is 92.5 cm³/mol. The lowest BCUT2D eigenvalue weighted by Gasteiger charge is -2.11. The highest BCUT2D eigenvalue weighted by atomic mass is 79.9. The van der Waals surface area contributed by atoms with E-state index >= 15 is 0 Å². The molecule has 0 saturated carbocycles. The minimum atomic E-state index is -0.290. The molecule has 0 fully saturated rings. The van der Waals surface area contributed by atoms with E-state index in [0.29, 0.717) is 29.9 Å². The summed E-state index contributed by atoms with van der Waals surface area (Å²) in [4.78, 5) is 28.2. The van der Waals surface area contributed by atoms with Gasteiger partial charge in [-0.05, 0) is 46.6 Å². The Morgan fingerprint density at radius 1 is 1.17 bits per heavy atom. The second-order valence-electron chi connectivity index (χ2n) is 4.92. The highest BCUT2D eigenvalue weighted by Gasteiger charge is 2.11. The summed E-state index contributed by atoms with van der Waals surface area (Å²) in [5, 5.41) is 5.50. The van der Waals surface area contributed by atoms with Crippen LogP contribution in [0.4, 0.5) is 5.69 Å². The van der Waals surface area contributed by atoms with Crippen LogP contribution in [-0.2, 0) is 0 Å². The van der Waals surface area contributed by atoms with Gasteiger partial charge >= 0.3 is 0 Å². The first-order valence-corrected chi connectivity index (χ1v) is 7.81. The van der Waals surface area contributed by atoms with Crippen LogP contribution in [0.25, 0.3) is 0 Å². The van der Waals surface area contributed by atoms with Crippen LogP contribution < -0.4 is 16.4 Å². The summed E-state index contributed by atoms with van der Waals surface area (Å²) in [5.74, 6) is -0.517. The van der Waals surface area contributed by atoms with Gasteiger partial charge in [0.25, 0.3) is 11.8 Å². The summed E-state index contributed by atoms with van der Waals surface area (Å²) in [6, 6.07) is 6.81. The van der Waals surface area contributed by atoms with E-state index in [1.54, 1.807) is 30.5 Å². The van der Waals surface area contributed by atoms with Crippen molar-refractivity contribution in [3.05, 3.63) is 57.8 Å². The van der Waals surface area contributed by atoms with Crippen LogP contribution in [0.15, 0.2) is 41.1 Å². The largest absolute Gasteiger partial charge is 0.351 e. The number of pyridine rings is 1. The van der Waals surface area contributed by atoms with E-state index < -0.39 is 0 Å². The van der Waals surface area contributed by atoms with Crippen molar-refractivity contribution in [2.24, 2.45) is 5.73 Å². The number of nitrogens with one attached hydrogen (secondary N) is 2.